The summed E-state index contributed by atoms with van der Waals surface area (Å²) in [6, 6.07) is 7.66. The van der Waals surface area contributed by atoms with Gasteiger partial charge in [0.15, 0.2) is 0 Å². The Morgan fingerprint density at radius 3 is 2.50 bits per heavy atom. The van der Waals surface area contributed by atoms with E-state index in [9.17, 15) is 10.1 Å². The summed E-state index contributed by atoms with van der Waals surface area (Å²) in [4.78, 5) is 12.8. The van der Waals surface area contributed by atoms with Crippen LogP contribution in [0, 0.1) is 10.1 Å². The maximum absolute atomic E-state index is 10.7. The smallest absolute Gasteiger partial charge is 0.269 e. The highest BCUT2D eigenvalue weighted by Crippen LogP contribution is 2.30. The van der Waals surface area contributed by atoms with Gasteiger partial charge in [-0.2, -0.15) is 0 Å². The molecule has 0 amide bonds. The molecule has 2 N–H and O–H groups in total. The molecule has 3 unspecified atom stereocenters. The second-order valence-corrected chi connectivity index (χ2v) is 5.68. The molecule has 0 aromatic heterocycles. The number of nitro groups is 1. The lowest BCUT2D eigenvalue weighted by Gasteiger charge is -2.42. The second-order valence-electron chi connectivity index (χ2n) is 5.68. The average molecular weight is 277 g/mol. The largest absolute Gasteiger partial charge is 0.327 e. The van der Waals surface area contributed by atoms with Crippen molar-refractivity contribution < 1.29 is 4.92 Å². The monoisotopic (exact) mass is 277 g/mol. The predicted octanol–water partition coefficient (Wildman–Crippen LogP) is 2.86. The first-order chi connectivity index (χ1) is 9.50. The highest BCUT2D eigenvalue weighted by molar-refractivity contribution is 5.34. The zero-order valence-corrected chi connectivity index (χ0v) is 12.2. The summed E-state index contributed by atoms with van der Waals surface area (Å²) in [5.74, 6) is 0. The van der Waals surface area contributed by atoms with Crippen molar-refractivity contribution >= 4 is 5.69 Å². The van der Waals surface area contributed by atoms with Crippen molar-refractivity contribution in [3.8, 4) is 0 Å². The fourth-order valence-corrected chi connectivity index (χ4v) is 3.09. The van der Waals surface area contributed by atoms with Crippen LogP contribution in [-0.4, -0.2) is 28.5 Å². The first kappa shape index (κ1) is 14.9. The van der Waals surface area contributed by atoms with E-state index >= 15 is 0 Å². The summed E-state index contributed by atoms with van der Waals surface area (Å²) < 4.78 is 0. The molecule has 1 saturated heterocycles. The van der Waals surface area contributed by atoms with Crippen LogP contribution in [0.5, 0.6) is 0 Å². The van der Waals surface area contributed by atoms with Gasteiger partial charge in [0, 0.05) is 30.3 Å². The van der Waals surface area contributed by atoms with Crippen molar-refractivity contribution in [3.63, 3.8) is 0 Å². The lowest BCUT2D eigenvalue weighted by atomic mass is 9.93. The molecule has 1 aromatic carbocycles. The van der Waals surface area contributed by atoms with Gasteiger partial charge in [-0.1, -0.05) is 18.6 Å². The van der Waals surface area contributed by atoms with E-state index in [1.807, 2.05) is 12.1 Å². The molecular weight excluding hydrogens is 254 g/mol. The minimum Gasteiger partial charge on any atom is -0.327 e. The van der Waals surface area contributed by atoms with Gasteiger partial charge >= 0.3 is 0 Å². The molecule has 5 nitrogen and oxygen atoms in total. The van der Waals surface area contributed by atoms with Crippen molar-refractivity contribution in [1.29, 1.82) is 0 Å². The van der Waals surface area contributed by atoms with E-state index in [1.165, 1.54) is 12.8 Å². The molecule has 0 bridgehead atoms. The lowest BCUT2D eigenvalue weighted by molar-refractivity contribution is -0.384. The molecule has 1 aromatic rings. The Morgan fingerprint density at radius 2 is 1.95 bits per heavy atom. The van der Waals surface area contributed by atoms with E-state index in [-0.39, 0.29) is 22.7 Å². The third-order valence-electron chi connectivity index (χ3n) is 4.28. The number of piperidine rings is 1. The third-order valence-corrected chi connectivity index (χ3v) is 4.28. The molecule has 2 rings (SSSR count). The molecule has 3 atom stereocenters. The van der Waals surface area contributed by atoms with Gasteiger partial charge in [-0.05, 0) is 38.8 Å². The SMILES string of the molecule is CC(N)C1CCCCN1C(C)c1ccc([N+](=O)[O-])cc1. The maximum Gasteiger partial charge on any atom is 0.269 e. The quantitative estimate of drug-likeness (QED) is 0.678. The zero-order valence-electron chi connectivity index (χ0n) is 12.2. The Labute approximate surface area is 119 Å². The van der Waals surface area contributed by atoms with Crippen LogP contribution in [0.4, 0.5) is 5.69 Å². The normalized spacial score (nSPS) is 23.2. The summed E-state index contributed by atoms with van der Waals surface area (Å²) in [6.07, 6.45) is 3.56. The summed E-state index contributed by atoms with van der Waals surface area (Å²) in [7, 11) is 0. The fraction of sp³-hybridized carbons (Fsp3) is 0.600. The first-order valence-corrected chi connectivity index (χ1v) is 7.26. The molecule has 1 fully saturated rings. The molecule has 1 aliphatic heterocycles. The highest BCUT2D eigenvalue weighted by Gasteiger charge is 2.29. The summed E-state index contributed by atoms with van der Waals surface area (Å²) in [5, 5.41) is 10.7. The van der Waals surface area contributed by atoms with E-state index < -0.39 is 0 Å². The van der Waals surface area contributed by atoms with Gasteiger partial charge in [0.2, 0.25) is 0 Å². The topological polar surface area (TPSA) is 72.4 Å². The van der Waals surface area contributed by atoms with E-state index in [2.05, 4.69) is 18.7 Å². The van der Waals surface area contributed by atoms with Crippen LogP contribution in [0.1, 0.15) is 44.7 Å². The number of hydrogen-bond acceptors (Lipinski definition) is 4. The third kappa shape index (κ3) is 3.16. The lowest BCUT2D eigenvalue weighted by Crippen LogP contribution is -2.49. The van der Waals surface area contributed by atoms with Crippen molar-refractivity contribution in [3.05, 3.63) is 39.9 Å². The van der Waals surface area contributed by atoms with Crippen molar-refractivity contribution in [1.82, 2.24) is 4.90 Å². The van der Waals surface area contributed by atoms with Crippen molar-refractivity contribution in [2.24, 2.45) is 5.73 Å². The molecule has 0 saturated carbocycles. The Morgan fingerprint density at radius 1 is 1.30 bits per heavy atom. The Balaban J connectivity index is 2.16. The number of non-ortho nitro benzene ring substituents is 1. The van der Waals surface area contributed by atoms with Gasteiger partial charge in [0.25, 0.3) is 5.69 Å². The van der Waals surface area contributed by atoms with E-state index in [0.717, 1.165) is 18.5 Å². The van der Waals surface area contributed by atoms with Crippen LogP contribution in [-0.2, 0) is 0 Å². The van der Waals surface area contributed by atoms with Crippen molar-refractivity contribution in [2.45, 2.75) is 51.2 Å². The van der Waals surface area contributed by atoms with Gasteiger partial charge in [0.1, 0.15) is 0 Å². The van der Waals surface area contributed by atoms with E-state index in [4.69, 9.17) is 5.73 Å². The van der Waals surface area contributed by atoms with Crippen molar-refractivity contribution in [2.75, 3.05) is 6.54 Å². The molecule has 1 heterocycles. The van der Waals surface area contributed by atoms with Gasteiger partial charge in [0.05, 0.1) is 4.92 Å². The number of rotatable bonds is 4. The maximum atomic E-state index is 10.7. The summed E-state index contributed by atoms with van der Waals surface area (Å²) >= 11 is 0. The Hall–Kier alpha value is -1.46. The minimum absolute atomic E-state index is 0.142. The Kier molecular flexibility index (Phi) is 4.73. The van der Waals surface area contributed by atoms with Gasteiger partial charge in [-0.25, -0.2) is 0 Å². The van der Waals surface area contributed by atoms with Gasteiger partial charge in [-0.15, -0.1) is 0 Å². The molecular formula is C15H23N3O2. The average Bonchev–Trinajstić information content (AvgIpc) is 2.46. The number of nitrogens with zero attached hydrogens (tertiary/aromatic N) is 2. The molecule has 0 aliphatic carbocycles. The van der Waals surface area contributed by atoms with Crippen LogP contribution in [0.3, 0.4) is 0 Å². The molecule has 0 spiro atoms. The zero-order chi connectivity index (χ0) is 14.7. The molecule has 5 heteroatoms. The molecule has 0 radical (unpaired) electrons. The minimum atomic E-state index is -0.361. The molecule has 20 heavy (non-hydrogen) atoms. The fourth-order valence-electron chi connectivity index (χ4n) is 3.09. The number of hydrogen-bond donors (Lipinski definition) is 1. The van der Waals surface area contributed by atoms with Crippen LogP contribution >= 0.6 is 0 Å². The standard InChI is InChI=1S/C15H23N3O2/c1-11(16)15-5-3-4-10-17(15)12(2)13-6-8-14(9-7-13)18(19)20/h6-9,11-12,15H,3-5,10,16H2,1-2H3. The number of nitrogens with two attached hydrogens (primary N) is 1. The first-order valence-electron chi connectivity index (χ1n) is 7.26. The molecule has 110 valence electrons. The van der Waals surface area contributed by atoms with Crippen LogP contribution < -0.4 is 5.73 Å². The number of likely N-dealkylation sites (tertiary alicyclic amines) is 1. The van der Waals surface area contributed by atoms with Crippen LogP contribution in [0.15, 0.2) is 24.3 Å². The van der Waals surface area contributed by atoms with Gasteiger partial charge < -0.3 is 5.73 Å². The van der Waals surface area contributed by atoms with Gasteiger partial charge in [-0.3, -0.25) is 15.0 Å². The van der Waals surface area contributed by atoms with E-state index in [1.54, 1.807) is 12.1 Å². The summed E-state index contributed by atoms with van der Waals surface area (Å²) in [6.45, 7) is 5.26. The molecule has 1 aliphatic rings. The second kappa shape index (κ2) is 6.33. The van der Waals surface area contributed by atoms with Crippen LogP contribution in [0.2, 0.25) is 0 Å². The van der Waals surface area contributed by atoms with Crippen LogP contribution in [0.25, 0.3) is 0 Å². The highest BCUT2D eigenvalue weighted by atomic mass is 16.6. The Bertz CT molecular complexity index is 459. The summed E-state index contributed by atoms with van der Waals surface area (Å²) in [5.41, 5.74) is 7.36. The van der Waals surface area contributed by atoms with E-state index in [0.29, 0.717) is 6.04 Å². The number of benzene rings is 1. The number of nitro benzene ring substituents is 1. The predicted molar refractivity (Wildman–Crippen MR) is 79.5 cm³/mol.